The molecule has 3 unspecified atom stereocenters. The number of unbranched alkanes of at least 4 members (excludes halogenated alkanes) is 2. The van der Waals surface area contributed by atoms with Crippen molar-refractivity contribution in [3.63, 3.8) is 0 Å². The summed E-state index contributed by atoms with van der Waals surface area (Å²) in [7, 11) is 0. The molecule has 0 aromatic heterocycles. The number of hydrogen-bond acceptors (Lipinski definition) is 7. The summed E-state index contributed by atoms with van der Waals surface area (Å²) in [6.07, 6.45) is 6.82. The highest BCUT2D eigenvalue weighted by Crippen LogP contribution is 2.29. The summed E-state index contributed by atoms with van der Waals surface area (Å²) in [5.74, 6) is -1.71. The predicted octanol–water partition coefficient (Wildman–Crippen LogP) is 6.96. The number of benzene rings is 1. The fourth-order valence-corrected chi connectivity index (χ4v) is 4.51. The average Bonchev–Trinajstić information content (AvgIpc) is 2.82. The first-order chi connectivity index (χ1) is 17.9. The second kappa shape index (κ2) is 17.0. The van der Waals surface area contributed by atoms with Gasteiger partial charge in [0.1, 0.15) is 17.5 Å². The number of carbonyl (C=O) groups excluding carboxylic acids is 4. The molecule has 0 saturated carbocycles. The van der Waals surface area contributed by atoms with Crippen LogP contribution in [0.3, 0.4) is 0 Å². The fraction of sp³-hybridized carbons (Fsp3) is 0.677. The van der Waals surface area contributed by atoms with Gasteiger partial charge in [-0.2, -0.15) is 0 Å². The molecule has 1 aromatic carbocycles. The molecule has 0 aliphatic carbocycles. The highest BCUT2D eigenvalue weighted by molar-refractivity contribution is 5.90. The largest absolute Gasteiger partial charge is 0.463 e. The first kappa shape index (κ1) is 33.3. The van der Waals surface area contributed by atoms with Crippen LogP contribution in [0, 0.1) is 5.92 Å². The summed E-state index contributed by atoms with van der Waals surface area (Å²) < 4.78 is 16.3. The molecule has 1 rings (SSSR count). The van der Waals surface area contributed by atoms with Gasteiger partial charge in [-0.25, -0.2) is 4.79 Å². The van der Waals surface area contributed by atoms with Gasteiger partial charge in [0, 0.05) is 12.8 Å². The molecule has 0 aliphatic rings. The zero-order valence-corrected chi connectivity index (χ0v) is 24.5. The highest BCUT2D eigenvalue weighted by Gasteiger charge is 2.28. The normalized spacial score (nSPS) is 13.8. The van der Waals surface area contributed by atoms with Crippen molar-refractivity contribution in [3.8, 4) is 0 Å². The van der Waals surface area contributed by atoms with Gasteiger partial charge in [-0.05, 0) is 97.3 Å². The molecule has 1 aromatic rings. The molecule has 3 atom stereocenters. The van der Waals surface area contributed by atoms with E-state index < -0.39 is 11.6 Å². The number of rotatable bonds is 17. The van der Waals surface area contributed by atoms with Crippen LogP contribution in [0.25, 0.3) is 0 Å². The molecule has 0 N–H and O–H groups in total. The van der Waals surface area contributed by atoms with Gasteiger partial charge >= 0.3 is 17.9 Å². The Balaban J connectivity index is 2.93. The maximum absolute atomic E-state index is 13.1. The third kappa shape index (κ3) is 13.2. The number of hydrogen-bond donors (Lipinski definition) is 0. The molecule has 0 amide bonds. The van der Waals surface area contributed by atoms with Gasteiger partial charge in [0.2, 0.25) is 0 Å². The Morgan fingerprint density at radius 1 is 0.816 bits per heavy atom. The smallest absolute Gasteiger partial charge is 0.338 e. The summed E-state index contributed by atoms with van der Waals surface area (Å²) in [5.41, 5.74) is 0.628. The molecule has 7 heteroatoms. The third-order valence-corrected chi connectivity index (χ3v) is 6.40. The molecule has 0 radical (unpaired) electrons. The minimum atomic E-state index is -0.612. The zero-order valence-electron chi connectivity index (χ0n) is 24.5. The van der Waals surface area contributed by atoms with Crippen molar-refractivity contribution < 1.29 is 33.4 Å². The number of Topliss-reactive ketones (excluding diaryl/α,β-unsaturated/α-hetero) is 1. The van der Waals surface area contributed by atoms with E-state index in [1.165, 1.54) is 6.92 Å². The lowest BCUT2D eigenvalue weighted by molar-refractivity contribution is -0.161. The molecule has 214 valence electrons. The summed E-state index contributed by atoms with van der Waals surface area (Å²) in [6, 6.07) is 6.90. The van der Waals surface area contributed by atoms with E-state index in [1.54, 1.807) is 38.1 Å². The van der Waals surface area contributed by atoms with Crippen LogP contribution in [0.15, 0.2) is 24.3 Å². The molecule has 0 spiro atoms. The highest BCUT2D eigenvalue weighted by atomic mass is 16.6. The van der Waals surface area contributed by atoms with Crippen molar-refractivity contribution in [1.82, 2.24) is 0 Å². The van der Waals surface area contributed by atoms with Crippen molar-refractivity contribution in [2.75, 3.05) is 6.61 Å². The van der Waals surface area contributed by atoms with Gasteiger partial charge in [0.05, 0.1) is 18.1 Å². The van der Waals surface area contributed by atoms with E-state index in [-0.39, 0.29) is 35.7 Å². The Labute approximate surface area is 229 Å². The van der Waals surface area contributed by atoms with Gasteiger partial charge in [-0.3, -0.25) is 14.4 Å². The van der Waals surface area contributed by atoms with Crippen LogP contribution >= 0.6 is 0 Å². The molecule has 38 heavy (non-hydrogen) atoms. The number of carbonyl (C=O) groups is 4. The van der Waals surface area contributed by atoms with E-state index in [1.807, 2.05) is 20.8 Å². The molecule has 0 bridgehead atoms. The van der Waals surface area contributed by atoms with Crippen LogP contribution in [-0.4, -0.2) is 42.0 Å². The van der Waals surface area contributed by atoms with Crippen molar-refractivity contribution in [2.24, 2.45) is 5.92 Å². The zero-order chi connectivity index (χ0) is 28.7. The van der Waals surface area contributed by atoms with Crippen molar-refractivity contribution in [2.45, 2.75) is 124 Å². The summed E-state index contributed by atoms with van der Waals surface area (Å²) in [6.45, 7) is 12.7. The monoisotopic (exact) mass is 532 g/mol. The molecule has 0 saturated heterocycles. The van der Waals surface area contributed by atoms with E-state index in [0.717, 1.165) is 31.2 Å². The van der Waals surface area contributed by atoms with E-state index >= 15 is 0 Å². The quantitative estimate of drug-likeness (QED) is 0.122. The lowest BCUT2D eigenvalue weighted by atomic mass is 9.85. The first-order valence-corrected chi connectivity index (χ1v) is 14.1. The van der Waals surface area contributed by atoms with Gasteiger partial charge < -0.3 is 14.2 Å². The minimum Gasteiger partial charge on any atom is -0.463 e. The molecule has 0 aliphatic heterocycles. The maximum atomic E-state index is 13.1. The van der Waals surface area contributed by atoms with E-state index in [2.05, 4.69) is 6.92 Å². The summed E-state index contributed by atoms with van der Waals surface area (Å²) >= 11 is 0. The Morgan fingerprint density at radius 2 is 1.45 bits per heavy atom. The SMILES string of the molecule is CCCCCC(CCCC(CCC(C(C)=O)c1ccc(C(=O)OCC)cc1)C(=O)OC(C)(C)C)OC(C)=O. The minimum absolute atomic E-state index is 0.00247. The van der Waals surface area contributed by atoms with Crippen LogP contribution in [-0.2, 0) is 28.6 Å². The topological polar surface area (TPSA) is 96.0 Å². The molecular weight excluding hydrogens is 484 g/mol. The Morgan fingerprint density at radius 3 is 1.97 bits per heavy atom. The standard InChI is InChI=1S/C31H48O7/c1-8-10-11-14-27(37-23(4)33)15-12-13-25(30(35)38-31(5,6)7)20-21-28(22(3)32)24-16-18-26(19-17-24)29(34)36-9-2/h16-19,25,27-28H,8-15,20-21H2,1-7H3. The van der Waals surface area contributed by atoms with E-state index in [4.69, 9.17) is 14.2 Å². The summed E-state index contributed by atoms with van der Waals surface area (Å²) in [5, 5.41) is 0. The molecule has 0 heterocycles. The van der Waals surface area contributed by atoms with Gasteiger partial charge in [-0.15, -0.1) is 0 Å². The number of esters is 3. The van der Waals surface area contributed by atoms with Crippen LogP contribution in [0.5, 0.6) is 0 Å². The van der Waals surface area contributed by atoms with Gasteiger partial charge in [-0.1, -0.05) is 31.9 Å². The van der Waals surface area contributed by atoms with Gasteiger partial charge in [0.25, 0.3) is 0 Å². The Hall–Kier alpha value is -2.70. The maximum Gasteiger partial charge on any atom is 0.338 e. The van der Waals surface area contributed by atoms with Crippen molar-refractivity contribution >= 4 is 23.7 Å². The Bertz CT molecular complexity index is 882. The average molecular weight is 533 g/mol. The van der Waals surface area contributed by atoms with Gasteiger partial charge in [0.15, 0.2) is 0 Å². The molecule has 7 nitrogen and oxygen atoms in total. The second-order valence-corrected chi connectivity index (χ2v) is 11.0. The fourth-order valence-electron chi connectivity index (χ4n) is 4.51. The van der Waals surface area contributed by atoms with Crippen LogP contribution in [0.1, 0.15) is 128 Å². The van der Waals surface area contributed by atoms with E-state index in [0.29, 0.717) is 44.3 Å². The predicted molar refractivity (Wildman–Crippen MR) is 148 cm³/mol. The lowest BCUT2D eigenvalue weighted by Crippen LogP contribution is -2.29. The molecular formula is C31H48O7. The van der Waals surface area contributed by atoms with Crippen LogP contribution < -0.4 is 0 Å². The lowest BCUT2D eigenvalue weighted by Gasteiger charge is -2.25. The first-order valence-electron chi connectivity index (χ1n) is 14.1. The number of ether oxygens (including phenoxy) is 3. The van der Waals surface area contributed by atoms with Crippen LogP contribution in [0.4, 0.5) is 0 Å². The molecule has 0 fully saturated rings. The van der Waals surface area contributed by atoms with Crippen molar-refractivity contribution in [3.05, 3.63) is 35.4 Å². The Kier molecular flexibility index (Phi) is 14.9. The summed E-state index contributed by atoms with van der Waals surface area (Å²) in [4.78, 5) is 49.2. The van der Waals surface area contributed by atoms with E-state index in [9.17, 15) is 19.2 Å². The third-order valence-electron chi connectivity index (χ3n) is 6.40. The number of ketones is 1. The van der Waals surface area contributed by atoms with Crippen molar-refractivity contribution in [1.29, 1.82) is 0 Å². The van der Waals surface area contributed by atoms with Crippen LogP contribution in [0.2, 0.25) is 0 Å². The second-order valence-electron chi connectivity index (χ2n) is 11.0.